The van der Waals surface area contributed by atoms with Crippen LogP contribution in [-0.2, 0) is 9.59 Å². The van der Waals surface area contributed by atoms with E-state index in [0.29, 0.717) is 12.5 Å². The van der Waals surface area contributed by atoms with Crippen molar-refractivity contribution in [3.63, 3.8) is 0 Å². The van der Waals surface area contributed by atoms with Crippen molar-refractivity contribution in [2.24, 2.45) is 5.92 Å². The smallest absolute Gasteiger partial charge is 0.316 e. The van der Waals surface area contributed by atoms with Crippen molar-refractivity contribution in [3.05, 3.63) is 29.8 Å². The topological polar surface area (TPSA) is 69.6 Å². The second-order valence-electron chi connectivity index (χ2n) is 6.13. The van der Waals surface area contributed by atoms with Crippen LogP contribution in [0.15, 0.2) is 24.3 Å². The van der Waals surface area contributed by atoms with Gasteiger partial charge >= 0.3 is 11.8 Å². The average Bonchev–Trinajstić information content (AvgIpc) is 2.54. The Morgan fingerprint density at radius 3 is 2.73 bits per heavy atom. The lowest BCUT2D eigenvalue weighted by atomic mass is 9.91. The summed E-state index contributed by atoms with van der Waals surface area (Å²) in [5.74, 6) is -0.851. The van der Waals surface area contributed by atoms with E-state index in [2.05, 4.69) is 12.2 Å². The summed E-state index contributed by atoms with van der Waals surface area (Å²) < 4.78 is 0. The van der Waals surface area contributed by atoms with Crippen molar-refractivity contribution in [2.45, 2.75) is 39.2 Å². The molecule has 1 heterocycles. The van der Waals surface area contributed by atoms with Crippen LogP contribution in [0.5, 0.6) is 0 Å². The van der Waals surface area contributed by atoms with Gasteiger partial charge in [-0.25, -0.2) is 0 Å². The Morgan fingerprint density at radius 2 is 2.05 bits per heavy atom. The quantitative estimate of drug-likeness (QED) is 0.834. The monoisotopic (exact) mass is 304 g/mol. The first kappa shape index (κ1) is 16.5. The molecule has 1 aliphatic heterocycles. The molecule has 0 saturated heterocycles. The molecule has 3 unspecified atom stereocenters. The van der Waals surface area contributed by atoms with Gasteiger partial charge in [0, 0.05) is 24.9 Å². The molecule has 1 aliphatic rings. The Hall–Kier alpha value is -1.88. The third-order valence-corrected chi connectivity index (χ3v) is 4.48. The first-order chi connectivity index (χ1) is 10.5. The van der Waals surface area contributed by atoms with Crippen LogP contribution in [0, 0.1) is 5.92 Å². The van der Waals surface area contributed by atoms with E-state index < -0.39 is 11.8 Å². The normalized spacial score (nSPS) is 20.0. The number of aliphatic hydroxyl groups is 1. The molecule has 3 atom stereocenters. The fourth-order valence-electron chi connectivity index (χ4n) is 2.65. The number of carbonyl (C=O) groups is 2. The Kier molecular flexibility index (Phi) is 5.19. The zero-order valence-corrected chi connectivity index (χ0v) is 13.4. The number of anilines is 1. The van der Waals surface area contributed by atoms with Crippen molar-refractivity contribution < 1.29 is 14.7 Å². The minimum Gasteiger partial charge on any atom is -0.396 e. The van der Waals surface area contributed by atoms with Gasteiger partial charge in [0.15, 0.2) is 0 Å². The highest BCUT2D eigenvalue weighted by molar-refractivity contribution is 6.40. The van der Waals surface area contributed by atoms with Crippen LogP contribution in [0.2, 0.25) is 0 Å². The number of aliphatic hydroxyl groups excluding tert-OH is 1. The van der Waals surface area contributed by atoms with E-state index in [4.69, 9.17) is 5.11 Å². The summed E-state index contributed by atoms with van der Waals surface area (Å²) in [6, 6.07) is 7.48. The van der Waals surface area contributed by atoms with Crippen LogP contribution in [0.3, 0.4) is 0 Å². The summed E-state index contributed by atoms with van der Waals surface area (Å²) in [5.41, 5.74) is 1.93. The lowest BCUT2D eigenvalue weighted by molar-refractivity contribution is -0.138. The number of rotatable bonds is 3. The summed E-state index contributed by atoms with van der Waals surface area (Å²) >= 11 is 0. The number of hydrogen-bond acceptors (Lipinski definition) is 3. The molecule has 0 radical (unpaired) electrons. The van der Waals surface area contributed by atoms with E-state index in [0.717, 1.165) is 17.7 Å². The maximum Gasteiger partial charge on any atom is 0.316 e. The van der Waals surface area contributed by atoms with Gasteiger partial charge in [-0.2, -0.15) is 0 Å². The molecule has 0 bridgehead atoms. The number of amides is 2. The Labute approximate surface area is 131 Å². The maximum absolute atomic E-state index is 12.5. The molecule has 0 aliphatic carbocycles. The van der Waals surface area contributed by atoms with Crippen LogP contribution in [0.25, 0.3) is 0 Å². The largest absolute Gasteiger partial charge is 0.396 e. The fraction of sp³-hybridized carbons (Fsp3) is 0.529. The van der Waals surface area contributed by atoms with Crippen LogP contribution in [0.1, 0.15) is 38.7 Å². The molecule has 22 heavy (non-hydrogen) atoms. The second kappa shape index (κ2) is 6.92. The number of carbonyl (C=O) groups excluding carboxylic acids is 2. The number of hydrogen-bond donors (Lipinski definition) is 2. The zero-order valence-electron chi connectivity index (χ0n) is 13.4. The molecular weight excluding hydrogens is 280 g/mol. The van der Waals surface area contributed by atoms with Crippen molar-refractivity contribution in [3.8, 4) is 0 Å². The minimum atomic E-state index is -0.614. The molecule has 2 amide bonds. The number of fused-ring (bicyclic) bond motifs is 1. The standard InChI is InChI=1S/C17H24N2O3/c1-11-8-9-19(15-7-5-4-6-14(11)15)17(22)16(21)18-13(3)12(2)10-20/h4-7,11-13,20H,8-10H2,1-3H3,(H,18,21). The molecule has 0 aromatic heterocycles. The van der Waals surface area contributed by atoms with Gasteiger partial charge in [-0.05, 0) is 36.8 Å². The summed E-state index contributed by atoms with van der Waals surface area (Å²) in [5, 5.41) is 11.8. The molecule has 1 aromatic rings. The van der Waals surface area contributed by atoms with Gasteiger partial charge in [-0.3, -0.25) is 9.59 Å². The molecule has 120 valence electrons. The van der Waals surface area contributed by atoms with Crippen molar-refractivity contribution >= 4 is 17.5 Å². The van der Waals surface area contributed by atoms with Crippen molar-refractivity contribution in [1.82, 2.24) is 5.32 Å². The third-order valence-electron chi connectivity index (χ3n) is 4.48. The van der Waals surface area contributed by atoms with Gasteiger partial charge in [-0.1, -0.05) is 32.0 Å². The van der Waals surface area contributed by atoms with Crippen LogP contribution < -0.4 is 10.2 Å². The van der Waals surface area contributed by atoms with Gasteiger partial charge in [0.25, 0.3) is 0 Å². The van der Waals surface area contributed by atoms with E-state index >= 15 is 0 Å². The summed E-state index contributed by atoms with van der Waals surface area (Å²) in [6.07, 6.45) is 0.846. The van der Waals surface area contributed by atoms with Crippen LogP contribution in [0.4, 0.5) is 5.69 Å². The average molecular weight is 304 g/mol. The number of benzene rings is 1. The second-order valence-corrected chi connectivity index (χ2v) is 6.13. The van der Waals surface area contributed by atoms with Gasteiger partial charge < -0.3 is 15.3 Å². The molecule has 0 saturated carbocycles. The van der Waals surface area contributed by atoms with Gasteiger partial charge in [0.05, 0.1) is 0 Å². The summed E-state index contributed by atoms with van der Waals surface area (Å²) in [6.45, 7) is 6.27. The highest BCUT2D eigenvalue weighted by atomic mass is 16.3. The van der Waals surface area contributed by atoms with E-state index in [1.165, 1.54) is 0 Å². The zero-order chi connectivity index (χ0) is 16.3. The van der Waals surface area contributed by atoms with E-state index in [-0.39, 0.29) is 18.6 Å². The lowest BCUT2D eigenvalue weighted by Gasteiger charge is -2.32. The molecule has 2 N–H and O–H groups in total. The van der Waals surface area contributed by atoms with Gasteiger partial charge in [0.2, 0.25) is 0 Å². The van der Waals surface area contributed by atoms with E-state index in [9.17, 15) is 9.59 Å². The number of nitrogens with zero attached hydrogens (tertiary/aromatic N) is 1. The molecule has 5 heteroatoms. The Morgan fingerprint density at radius 1 is 1.36 bits per heavy atom. The molecule has 2 rings (SSSR count). The number of para-hydroxylation sites is 1. The van der Waals surface area contributed by atoms with E-state index in [1.807, 2.05) is 31.2 Å². The van der Waals surface area contributed by atoms with Crippen molar-refractivity contribution in [2.75, 3.05) is 18.1 Å². The first-order valence-corrected chi connectivity index (χ1v) is 7.77. The van der Waals surface area contributed by atoms with Gasteiger partial charge in [0.1, 0.15) is 0 Å². The van der Waals surface area contributed by atoms with Gasteiger partial charge in [-0.15, -0.1) is 0 Å². The SMILES string of the molecule is CC1CCN(C(=O)C(=O)NC(C)C(C)CO)c2ccccc21. The fourth-order valence-corrected chi connectivity index (χ4v) is 2.65. The highest BCUT2D eigenvalue weighted by Gasteiger charge is 2.30. The van der Waals surface area contributed by atoms with Crippen LogP contribution >= 0.6 is 0 Å². The minimum absolute atomic E-state index is 0.0281. The molecule has 0 spiro atoms. The highest BCUT2D eigenvalue weighted by Crippen LogP contribution is 2.34. The van der Waals surface area contributed by atoms with Crippen LogP contribution in [-0.4, -0.2) is 36.1 Å². The summed E-state index contributed by atoms with van der Waals surface area (Å²) in [4.78, 5) is 26.2. The van der Waals surface area contributed by atoms with E-state index in [1.54, 1.807) is 11.8 Å². The molecular formula is C17H24N2O3. The molecule has 5 nitrogen and oxygen atoms in total. The summed E-state index contributed by atoms with van der Waals surface area (Å²) in [7, 11) is 0. The predicted octanol–water partition coefficient (Wildman–Crippen LogP) is 1.66. The molecule has 1 aromatic carbocycles. The lowest BCUT2D eigenvalue weighted by Crippen LogP contribution is -2.49. The predicted molar refractivity (Wildman–Crippen MR) is 85.7 cm³/mol. The Balaban J connectivity index is 2.13. The van der Waals surface area contributed by atoms with Crippen molar-refractivity contribution in [1.29, 1.82) is 0 Å². The third kappa shape index (κ3) is 3.30. The number of nitrogens with one attached hydrogen (secondary N) is 1. The first-order valence-electron chi connectivity index (χ1n) is 7.77. The molecule has 0 fully saturated rings. The Bertz CT molecular complexity index is 559. The maximum atomic E-state index is 12.5.